The van der Waals surface area contributed by atoms with E-state index in [0.717, 1.165) is 0 Å². The van der Waals surface area contributed by atoms with Gasteiger partial charge in [0.05, 0.1) is 0 Å². The van der Waals surface area contributed by atoms with Crippen LogP contribution in [0, 0.1) is 0 Å². The lowest BCUT2D eigenvalue weighted by molar-refractivity contribution is 0.484. The van der Waals surface area contributed by atoms with E-state index in [2.05, 4.69) is 6.58 Å². The maximum absolute atomic E-state index is 10.4. The molecule has 1 unspecified atom stereocenters. The van der Waals surface area contributed by atoms with Gasteiger partial charge in [-0.05, 0) is 13.0 Å². The quantitative estimate of drug-likeness (QED) is 0.496. The van der Waals surface area contributed by atoms with Crippen molar-refractivity contribution in [2.75, 3.05) is 6.54 Å². The molecule has 0 aromatic carbocycles. The molecule has 0 amide bonds. The first-order chi connectivity index (χ1) is 4.72. The molecule has 1 atom stereocenters. The van der Waals surface area contributed by atoms with Gasteiger partial charge in [0.2, 0.25) is 0 Å². The van der Waals surface area contributed by atoms with Gasteiger partial charge in [-0.15, -0.1) is 0 Å². The van der Waals surface area contributed by atoms with Crippen LogP contribution >= 0.6 is 0 Å². The van der Waals surface area contributed by atoms with E-state index in [1.807, 2.05) is 0 Å². The standard InChI is InChI=1S/C6H11NO2S/c1-3-5-6-7(4-2)10(8)9/h3,5-6H,1,4H2,2H3,(H,8,9)/b6-5+. The van der Waals surface area contributed by atoms with Gasteiger partial charge in [0, 0.05) is 12.7 Å². The molecule has 0 fully saturated rings. The molecular formula is C6H11NO2S. The molecule has 58 valence electrons. The lowest BCUT2D eigenvalue weighted by Gasteiger charge is -2.10. The third-order valence-electron chi connectivity index (χ3n) is 0.901. The maximum atomic E-state index is 10.4. The lowest BCUT2D eigenvalue weighted by Crippen LogP contribution is -2.18. The van der Waals surface area contributed by atoms with Gasteiger partial charge in [0.1, 0.15) is 0 Å². The summed E-state index contributed by atoms with van der Waals surface area (Å²) in [5, 5.41) is 0. The van der Waals surface area contributed by atoms with E-state index in [0.29, 0.717) is 6.54 Å². The van der Waals surface area contributed by atoms with Crippen molar-refractivity contribution in [2.45, 2.75) is 6.92 Å². The maximum Gasteiger partial charge on any atom is 0.261 e. The normalized spacial score (nSPS) is 13.4. The predicted molar refractivity (Wildman–Crippen MR) is 42.5 cm³/mol. The van der Waals surface area contributed by atoms with Crippen molar-refractivity contribution in [2.24, 2.45) is 0 Å². The van der Waals surface area contributed by atoms with Crippen LogP contribution in [0.25, 0.3) is 0 Å². The Hall–Kier alpha value is -0.610. The number of nitrogens with zero attached hydrogens (tertiary/aromatic N) is 1. The van der Waals surface area contributed by atoms with Gasteiger partial charge in [0.15, 0.2) is 0 Å². The summed E-state index contributed by atoms with van der Waals surface area (Å²) in [4.78, 5) is 0. The molecule has 0 aliphatic heterocycles. The second-order valence-corrected chi connectivity index (χ2v) is 2.47. The van der Waals surface area contributed by atoms with Crippen LogP contribution < -0.4 is 0 Å². The molecule has 0 aromatic heterocycles. The van der Waals surface area contributed by atoms with Crippen LogP contribution in [0.4, 0.5) is 0 Å². The minimum atomic E-state index is -1.91. The number of hydrogen-bond donors (Lipinski definition) is 1. The average molecular weight is 161 g/mol. The van der Waals surface area contributed by atoms with Crippen molar-refractivity contribution in [1.82, 2.24) is 4.31 Å². The highest BCUT2D eigenvalue weighted by Gasteiger charge is 1.98. The monoisotopic (exact) mass is 161 g/mol. The molecule has 0 saturated heterocycles. The van der Waals surface area contributed by atoms with Crippen LogP contribution in [0.5, 0.6) is 0 Å². The van der Waals surface area contributed by atoms with Crippen LogP contribution in [0.1, 0.15) is 6.92 Å². The Kier molecular flexibility index (Phi) is 4.88. The second kappa shape index (κ2) is 5.20. The summed E-state index contributed by atoms with van der Waals surface area (Å²) in [6.45, 7) is 5.73. The first kappa shape index (κ1) is 9.39. The zero-order valence-electron chi connectivity index (χ0n) is 5.86. The molecule has 10 heavy (non-hydrogen) atoms. The molecule has 3 nitrogen and oxygen atoms in total. The summed E-state index contributed by atoms with van der Waals surface area (Å²) < 4.78 is 20.2. The average Bonchev–Trinajstić information content (AvgIpc) is 1.89. The van der Waals surface area contributed by atoms with Gasteiger partial charge < -0.3 is 0 Å². The lowest BCUT2D eigenvalue weighted by atomic mass is 10.6. The molecule has 4 heteroatoms. The van der Waals surface area contributed by atoms with Crippen molar-refractivity contribution < 1.29 is 8.76 Å². The summed E-state index contributed by atoms with van der Waals surface area (Å²) >= 11 is -1.91. The fraction of sp³-hybridized carbons (Fsp3) is 0.333. The highest BCUT2D eigenvalue weighted by atomic mass is 32.2. The Morgan fingerprint density at radius 3 is 2.70 bits per heavy atom. The minimum absolute atomic E-state index is 0.507. The highest BCUT2D eigenvalue weighted by molar-refractivity contribution is 7.76. The summed E-state index contributed by atoms with van der Waals surface area (Å²) in [5.41, 5.74) is 0. The Labute approximate surface area is 63.5 Å². The molecule has 1 N–H and O–H groups in total. The van der Waals surface area contributed by atoms with Crippen molar-refractivity contribution >= 4 is 11.3 Å². The van der Waals surface area contributed by atoms with E-state index in [1.54, 1.807) is 19.1 Å². The van der Waals surface area contributed by atoms with E-state index in [-0.39, 0.29) is 0 Å². The predicted octanol–water partition coefficient (Wildman–Crippen LogP) is 1.14. The fourth-order valence-corrected chi connectivity index (χ4v) is 0.820. The summed E-state index contributed by atoms with van der Waals surface area (Å²) in [5.74, 6) is 0. The number of hydrogen-bond acceptors (Lipinski definition) is 1. The molecule has 0 bridgehead atoms. The fourth-order valence-electron chi connectivity index (χ4n) is 0.425. The first-order valence-electron chi connectivity index (χ1n) is 2.89. The Balaban J connectivity index is 3.94. The van der Waals surface area contributed by atoms with Crippen LogP contribution in [0.2, 0.25) is 0 Å². The van der Waals surface area contributed by atoms with Crippen molar-refractivity contribution in [3.05, 3.63) is 24.9 Å². The largest absolute Gasteiger partial charge is 0.289 e. The zero-order chi connectivity index (χ0) is 7.98. The van der Waals surface area contributed by atoms with Gasteiger partial charge >= 0.3 is 0 Å². The minimum Gasteiger partial charge on any atom is -0.289 e. The molecule has 0 aliphatic rings. The smallest absolute Gasteiger partial charge is 0.261 e. The third kappa shape index (κ3) is 3.42. The van der Waals surface area contributed by atoms with Crippen LogP contribution in [0.3, 0.4) is 0 Å². The Bertz CT molecular complexity index is 156. The van der Waals surface area contributed by atoms with Gasteiger partial charge in [0.25, 0.3) is 11.3 Å². The summed E-state index contributed by atoms with van der Waals surface area (Å²) in [6, 6.07) is 0. The van der Waals surface area contributed by atoms with Crippen molar-refractivity contribution in [1.29, 1.82) is 0 Å². The molecule has 0 spiro atoms. The van der Waals surface area contributed by atoms with E-state index >= 15 is 0 Å². The van der Waals surface area contributed by atoms with E-state index in [9.17, 15) is 4.21 Å². The summed E-state index contributed by atoms with van der Waals surface area (Å²) in [7, 11) is 0. The highest BCUT2D eigenvalue weighted by Crippen LogP contribution is 1.92. The number of rotatable bonds is 4. The van der Waals surface area contributed by atoms with Crippen LogP contribution in [0.15, 0.2) is 24.9 Å². The van der Waals surface area contributed by atoms with Crippen LogP contribution in [-0.2, 0) is 11.3 Å². The topological polar surface area (TPSA) is 40.5 Å². The third-order valence-corrected chi connectivity index (χ3v) is 1.68. The van der Waals surface area contributed by atoms with Crippen LogP contribution in [-0.4, -0.2) is 19.6 Å². The van der Waals surface area contributed by atoms with E-state index in [1.165, 1.54) is 10.5 Å². The molecule has 0 saturated carbocycles. The second-order valence-electron chi connectivity index (χ2n) is 1.54. The molecular weight excluding hydrogens is 150 g/mol. The molecule has 0 aliphatic carbocycles. The van der Waals surface area contributed by atoms with Gasteiger partial charge in [-0.1, -0.05) is 12.7 Å². The Morgan fingerprint density at radius 1 is 1.80 bits per heavy atom. The molecule has 0 rings (SSSR count). The Morgan fingerprint density at radius 2 is 2.40 bits per heavy atom. The molecule has 0 radical (unpaired) electrons. The first-order valence-corrected chi connectivity index (χ1v) is 3.95. The van der Waals surface area contributed by atoms with Gasteiger partial charge in [-0.25, -0.2) is 4.21 Å². The van der Waals surface area contributed by atoms with Crippen molar-refractivity contribution in [3.8, 4) is 0 Å². The van der Waals surface area contributed by atoms with Crippen molar-refractivity contribution in [3.63, 3.8) is 0 Å². The van der Waals surface area contributed by atoms with Gasteiger partial charge in [-0.2, -0.15) is 0 Å². The summed E-state index contributed by atoms with van der Waals surface area (Å²) in [6.07, 6.45) is 4.68. The number of allylic oxidation sites excluding steroid dienone is 2. The zero-order valence-corrected chi connectivity index (χ0v) is 6.67. The molecule has 0 heterocycles. The molecule has 0 aromatic rings. The van der Waals surface area contributed by atoms with E-state index < -0.39 is 11.3 Å². The SMILES string of the molecule is C=C/C=C/N(CC)S(=O)O. The van der Waals surface area contributed by atoms with Gasteiger partial charge in [-0.3, -0.25) is 8.86 Å². The van der Waals surface area contributed by atoms with E-state index in [4.69, 9.17) is 4.55 Å².